The first-order chi connectivity index (χ1) is 8.49. The summed E-state index contributed by atoms with van der Waals surface area (Å²) in [6, 6.07) is 5.71. The fraction of sp³-hybridized carbons (Fsp3) is 0.462. The lowest BCUT2D eigenvalue weighted by atomic mass is 9.95. The minimum absolute atomic E-state index is 0.00802. The van der Waals surface area contributed by atoms with E-state index in [0.717, 1.165) is 21.0 Å². The molecule has 98 valence electrons. The van der Waals surface area contributed by atoms with Gasteiger partial charge in [0.25, 0.3) is 5.91 Å². The van der Waals surface area contributed by atoms with Crippen LogP contribution in [0.4, 0.5) is 0 Å². The maximum atomic E-state index is 12.4. The maximum absolute atomic E-state index is 12.4. The predicted molar refractivity (Wildman–Crippen MR) is 82.6 cm³/mol. The van der Waals surface area contributed by atoms with E-state index in [-0.39, 0.29) is 11.8 Å². The minimum atomic E-state index is -0.413. The van der Waals surface area contributed by atoms with Gasteiger partial charge in [0.2, 0.25) is 0 Å². The van der Waals surface area contributed by atoms with E-state index in [1.54, 1.807) is 4.90 Å². The Morgan fingerprint density at radius 2 is 2.28 bits per heavy atom. The van der Waals surface area contributed by atoms with E-state index in [9.17, 15) is 9.90 Å². The van der Waals surface area contributed by atoms with Gasteiger partial charge in [-0.15, -0.1) is 0 Å². The fourth-order valence-electron chi connectivity index (χ4n) is 2.07. The van der Waals surface area contributed by atoms with E-state index in [4.69, 9.17) is 0 Å². The standard InChI is InChI=1S/C13H15BrINO2/c1-8-4-5-16(7-12(8)17)13(18)10-6-9(15)2-3-11(10)14/h2-3,6,8,12,17H,4-5,7H2,1H3. The van der Waals surface area contributed by atoms with Crippen molar-refractivity contribution in [1.29, 1.82) is 0 Å². The molecule has 1 N–H and O–H groups in total. The molecule has 2 atom stereocenters. The molecule has 1 aromatic carbocycles. The third-order valence-electron chi connectivity index (χ3n) is 3.36. The van der Waals surface area contributed by atoms with E-state index in [2.05, 4.69) is 38.5 Å². The Morgan fingerprint density at radius 3 is 2.94 bits per heavy atom. The van der Waals surface area contributed by atoms with Crippen LogP contribution in [-0.2, 0) is 0 Å². The van der Waals surface area contributed by atoms with Crippen LogP contribution in [0.15, 0.2) is 22.7 Å². The molecule has 0 saturated carbocycles. The molecule has 1 aromatic rings. The molecular weight excluding hydrogens is 409 g/mol. The molecule has 5 heteroatoms. The van der Waals surface area contributed by atoms with Gasteiger partial charge in [0.05, 0.1) is 11.7 Å². The van der Waals surface area contributed by atoms with Crippen molar-refractivity contribution in [3.05, 3.63) is 31.8 Å². The number of hydrogen-bond donors (Lipinski definition) is 1. The van der Waals surface area contributed by atoms with Crippen molar-refractivity contribution in [2.45, 2.75) is 19.4 Å². The number of halogens is 2. The molecule has 3 nitrogen and oxygen atoms in total. The van der Waals surface area contributed by atoms with Gasteiger partial charge < -0.3 is 10.0 Å². The van der Waals surface area contributed by atoms with Gasteiger partial charge in [0, 0.05) is 21.1 Å². The lowest BCUT2D eigenvalue weighted by molar-refractivity contribution is 0.0248. The van der Waals surface area contributed by atoms with Crippen molar-refractivity contribution >= 4 is 44.4 Å². The summed E-state index contributed by atoms with van der Waals surface area (Å²) in [4.78, 5) is 14.1. The molecule has 2 rings (SSSR count). The van der Waals surface area contributed by atoms with E-state index in [1.165, 1.54) is 0 Å². The van der Waals surface area contributed by atoms with Crippen LogP contribution in [0.25, 0.3) is 0 Å². The average molecular weight is 424 g/mol. The number of hydrogen-bond acceptors (Lipinski definition) is 2. The highest BCUT2D eigenvalue weighted by Gasteiger charge is 2.28. The molecule has 1 heterocycles. The minimum Gasteiger partial charge on any atom is -0.391 e. The van der Waals surface area contributed by atoms with Crippen molar-refractivity contribution in [3.63, 3.8) is 0 Å². The van der Waals surface area contributed by atoms with Crippen LogP contribution in [0.5, 0.6) is 0 Å². The maximum Gasteiger partial charge on any atom is 0.255 e. The fourth-order valence-corrected chi connectivity index (χ4v) is 2.97. The van der Waals surface area contributed by atoms with Gasteiger partial charge in [-0.1, -0.05) is 6.92 Å². The molecule has 1 aliphatic heterocycles. The number of carbonyl (C=O) groups excluding carboxylic acids is 1. The van der Waals surface area contributed by atoms with Gasteiger partial charge in [-0.25, -0.2) is 0 Å². The van der Waals surface area contributed by atoms with Crippen molar-refractivity contribution in [3.8, 4) is 0 Å². The van der Waals surface area contributed by atoms with Crippen LogP contribution in [0.2, 0.25) is 0 Å². The summed E-state index contributed by atoms with van der Waals surface area (Å²) in [7, 11) is 0. The van der Waals surface area contributed by atoms with Gasteiger partial charge in [-0.05, 0) is 69.1 Å². The first kappa shape index (κ1) is 14.3. The third-order valence-corrected chi connectivity index (χ3v) is 4.73. The number of nitrogens with zero attached hydrogens (tertiary/aromatic N) is 1. The van der Waals surface area contributed by atoms with Crippen molar-refractivity contribution in [1.82, 2.24) is 4.90 Å². The number of benzene rings is 1. The quantitative estimate of drug-likeness (QED) is 0.705. The van der Waals surface area contributed by atoms with Gasteiger partial charge >= 0.3 is 0 Å². The normalized spacial score (nSPS) is 24.1. The predicted octanol–water partition coefficient (Wildman–Crippen LogP) is 2.90. The Bertz CT molecular complexity index is 466. The molecule has 0 radical (unpaired) electrons. The van der Waals surface area contributed by atoms with Crippen LogP contribution < -0.4 is 0 Å². The summed E-state index contributed by atoms with van der Waals surface area (Å²) in [5, 5.41) is 9.86. The summed E-state index contributed by atoms with van der Waals surface area (Å²) < 4.78 is 1.84. The second-order valence-corrected chi connectivity index (χ2v) is 6.81. The summed E-state index contributed by atoms with van der Waals surface area (Å²) >= 11 is 5.60. The first-order valence-corrected chi connectivity index (χ1v) is 7.78. The van der Waals surface area contributed by atoms with Crippen LogP contribution in [-0.4, -0.2) is 35.1 Å². The number of aliphatic hydroxyl groups is 1. The Hall–Kier alpha value is -0.140. The SMILES string of the molecule is CC1CCN(C(=O)c2cc(I)ccc2Br)CC1O. The monoisotopic (exact) mass is 423 g/mol. The zero-order valence-electron chi connectivity index (χ0n) is 10.1. The number of β-amino-alcohol motifs (C(OH)–C–C–N with tert-alkyl or cyclic N) is 1. The lowest BCUT2D eigenvalue weighted by Crippen LogP contribution is -2.45. The number of likely N-dealkylation sites (tertiary alicyclic amines) is 1. The molecular formula is C13H15BrINO2. The largest absolute Gasteiger partial charge is 0.391 e. The molecule has 18 heavy (non-hydrogen) atoms. The van der Waals surface area contributed by atoms with E-state index >= 15 is 0 Å². The van der Waals surface area contributed by atoms with Crippen molar-refractivity contribution in [2.75, 3.05) is 13.1 Å². The molecule has 0 bridgehead atoms. The molecule has 1 saturated heterocycles. The Labute approximate surface area is 129 Å². The molecule has 0 aromatic heterocycles. The molecule has 1 amide bonds. The topological polar surface area (TPSA) is 40.5 Å². The van der Waals surface area contributed by atoms with Gasteiger partial charge in [0.15, 0.2) is 0 Å². The number of amides is 1. The van der Waals surface area contributed by atoms with Crippen LogP contribution >= 0.6 is 38.5 Å². The molecule has 1 fully saturated rings. The van der Waals surface area contributed by atoms with Crippen molar-refractivity contribution < 1.29 is 9.90 Å². The zero-order valence-corrected chi connectivity index (χ0v) is 13.8. The average Bonchev–Trinajstić information content (AvgIpc) is 2.35. The second-order valence-electron chi connectivity index (χ2n) is 4.71. The van der Waals surface area contributed by atoms with Crippen LogP contribution in [0.1, 0.15) is 23.7 Å². The third kappa shape index (κ3) is 3.05. The summed E-state index contributed by atoms with van der Waals surface area (Å²) in [6.07, 6.45) is 0.443. The Kier molecular flexibility index (Phi) is 4.66. The van der Waals surface area contributed by atoms with Crippen LogP contribution in [0.3, 0.4) is 0 Å². The molecule has 0 spiro atoms. The summed E-state index contributed by atoms with van der Waals surface area (Å²) in [6.45, 7) is 3.17. The van der Waals surface area contributed by atoms with E-state index in [1.807, 2.05) is 25.1 Å². The smallest absolute Gasteiger partial charge is 0.255 e. The van der Waals surface area contributed by atoms with Gasteiger partial charge in [0.1, 0.15) is 0 Å². The van der Waals surface area contributed by atoms with E-state index in [0.29, 0.717) is 12.1 Å². The number of aliphatic hydroxyl groups excluding tert-OH is 1. The van der Waals surface area contributed by atoms with Crippen molar-refractivity contribution in [2.24, 2.45) is 5.92 Å². The zero-order chi connectivity index (χ0) is 13.3. The highest BCUT2D eigenvalue weighted by atomic mass is 127. The first-order valence-electron chi connectivity index (χ1n) is 5.91. The van der Waals surface area contributed by atoms with Gasteiger partial charge in [-0.3, -0.25) is 4.79 Å². The lowest BCUT2D eigenvalue weighted by Gasteiger charge is -2.34. The highest BCUT2D eigenvalue weighted by Crippen LogP contribution is 2.24. The molecule has 2 unspecified atom stereocenters. The van der Waals surface area contributed by atoms with Gasteiger partial charge in [-0.2, -0.15) is 0 Å². The summed E-state index contributed by atoms with van der Waals surface area (Å²) in [5.74, 6) is 0.264. The highest BCUT2D eigenvalue weighted by molar-refractivity contribution is 14.1. The molecule has 1 aliphatic rings. The summed E-state index contributed by atoms with van der Waals surface area (Å²) in [5.41, 5.74) is 0.670. The number of piperidine rings is 1. The van der Waals surface area contributed by atoms with E-state index < -0.39 is 6.10 Å². The number of carbonyl (C=O) groups is 1. The Morgan fingerprint density at radius 1 is 1.56 bits per heavy atom. The Balaban J connectivity index is 2.19. The van der Waals surface area contributed by atoms with Crippen LogP contribution in [0, 0.1) is 9.49 Å². The molecule has 0 aliphatic carbocycles. The number of rotatable bonds is 1. The second kappa shape index (κ2) is 5.88.